The van der Waals surface area contributed by atoms with Crippen LogP contribution in [0.3, 0.4) is 0 Å². The molecule has 0 atom stereocenters. The first-order chi connectivity index (χ1) is 13.7. The molecule has 28 heavy (non-hydrogen) atoms. The molecule has 4 rings (SSSR count). The predicted molar refractivity (Wildman–Crippen MR) is 104 cm³/mol. The number of likely N-dealkylation sites (N-methyl/N-ethyl adjacent to an activating group) is 1. The first kappa shape index (κ1) is 19.1. The van der Waals surface area contributed by atoms with Gasteiger partial charge in [0.15, 0.2) is 11.5 Å². The number of aromatic nitrogens is 1. The molecule has 1 amide bonds. The number of nitrogens with zero attached hydrogens (tertiary/aromatic N) is 2. The third kappa shape index (κ3) is 4.61. The number of benzene rings is 1. The van der Waals surface area contributed by atoms with Crippen molar-refractivity contribution in [3.05, 3.63) is 34.3 Å². The largest absolute Gasteiger partial charge is 0.486 e. The first-order valence-electron chi connectivity index (χ1n) is 9.31. The van der Waals surface area contributed by atoms with Crippen molar-refractivity contribution in [3.8, 4) is 11.5 Å². The molecular formula is C19H23N3O5S. The highest BCUT2D eigenvalue weighted by atomic mass is 32.1. The lowest BCUT2D eigenvalue weighted by Gasteiger charge is -2.20. The van der Waals surface area contributed by atoms with Crippen LogP contribution in [-0.4, -0.2) is 55.3 Å². The van der Waals surface area contributed by atoms with Gasteiger partial charge in [-0.1, -0.05) is 6.92 Å². The summed E-state index contributed by atoms with van der Waals surface area (Å²) in [7, 11) is 0. The summed E-state index contributed by atoms with van der Waals surface area (Å²) < 4.78 is 22.0. The Morgan fingerprint density at radius 3 is 2.79 bits per heavy atom. The Kier molecular flexibility index (Phi) is 6.06. The molecule has 8 nitrogen and oxygen atoms in total. The van der Waals surface area contributed by atoms with E-state index >= 15 is 0 Å². The van der Waals surface area contributed by atoms with Crippen LogP contribution in [0.4, 0.5) is 5.69 Å². The van der Waals surface area contributed by atoms with Gasteiger partial charge in [0.1, 0.15) is 18.2 Å². The number of anilines is 1. The van der Waals surface area contributed by atoms with Crippen molar-refractivity contribution in [2.24, 2.45) is 0 Å². The van der Waals surface area contributed by atoms with Gasteiger partial charge >= 0.3 is 0 Å². The van der Waals surface area contributed by atoms with Crippen LogP contribution in [0, 0.1) is 0 Å². The first-order valence-corrected chi connectivity index (χ1v) is 10.1. The third-order valence-corrected chi connectivity index (χ3v) is 5.42. The van der Waals surface area contributed by atoms with Gasteiger partial charge in [0.05, 0.1) is 19.8 Å². The second kappa shape index (κ2) is 8.87. The summed E-state index contributed by atoms with van der Waals surface area (Å²) in [5.41, 5.74) is 0.695. The number of carbonyl (C=O) groups is 1. The van der Waals surface area contributed by atoms with E-state index < -0.39 is 0 Å². The van der Waals surface area contributed by atoms with Gasteiger partial charge in [-0.3, -0.25) is 9.69 Å². The minimum atomic E-state index is -0.354. The number of carbonyl (C=O) groups excluding carboxylic acids is 1. The Balaban J connectivity index is 1.32. The summed E-state index contributed by atoms with van der Waals surface area (Å²) in [6.45, 7) is 5.97. The highest BCUT2D eigenvalue weighted by molar-refractivity contribution is 7.11. The van der Waals surface area contributed by atoms with Gasteiger partial charge in [-0.05, 0) is 18.7 Å². The number of fused-ring (bicyclic) bond motifs is 1. The third-order valence-electron chi connectivity index (χ3n) is 4.41. The molecule has 3 heterocycles. The normalized spacial score (nSPS) is 16.5. The molecule has 0 saturated carbocycles. The summed E-state index contributed by atoms with van der Waals surface area (Å²) in [5.74, 6) is 1.28. The minimum absolute atomic E-state index is 0.0780. The molecule has 1 fully saturated rings. The maximum atomic E-state index is 12.5. The number of thiazole rings is 1. The van der Waals surface area contributed by atoms with E-state index in [1.54, 1.807) is 17.4 Å². The maximum absolute atomic E-state index is 12.5. The molecule has 2 aliphatic rings. The Labute approximate surface area is 167 Å². The van der Waals surface area contributed by atoms with E-state index in [1.807, 2.05) is 25.3 Å². The van der Waals surface area contributed by atoms with Gasteiger partial charge < -0.3 is 24.3 Å². The van der Waals surface area contributed by atoms with E-state index in [0.29, 0.717) is 50.2 Å². The molecular weight excluding hydrogens is 382 g/mol. The Morgan fingerprint density at radius 2 is 2.00 bits per heavy atom. The maximum Gasteiger partial charge on any atom is 0.238 e. The molecule has 0 unspecified atom stereocenters. The molecule has 1 saturated heterocycles. The van der Waals surface area contributed by atoms with Crippen LogP contribution in [0.2, 0.25) is 0 Å². The Morgan fingerprint density at radius 1 is 1.21 bits per heavy atom. The van der Waals surface area contributed by atoms with E-state index in [0.717, 1.165) is 16.4 Å². The standard InChI is InChI=1S/C19H23N3O5S/c1-2-22(11-14-10-20-18(28-14)19-26-7-8-27-19)12-17(23)21-13-3-4-15-16(9-13)25-6-5-24-15/h3-4,9-10,19H,2,5-8,11-12H2,1H3,(H,21,23). The van der Waals surface area contributed by atoms with Gasteiger partial charge in [0.25, 0.3) is 0 Å². The van der Waals surface area contributed by atoms with Gasteiger partial charge in [-0.15, -0.1) is 11.3 Å². The van der Waals surface area contributed by atoms with Gasteiger partial charge in [0.2, 0.25) is 12.2 Å². The fraction of sp³-hybridized carbons (Fsp3) is 0.474. The summed E-state index contributed by atoms with van der Waals surface area (Å²) in [6, 6.07) is 5.42. The number of hydrogen-bond acceptors (Lipinski definition) is 8. The average Bonchev–Trinajstić information content (AvgIpc) is 3.39. The molecule has 0 aliphatic carbocycles. The fourth-order valence-electron chi connectivity index (χ4n) is 3.03. The summed E-state index contributed by atoms with van der Waals surface area (Å²) in [4.78, 5) is 20.0. The molecule has 0 radical (unpaired) electrons. The highest BCUT2D eigenvalue weighted by Crippen LogP contribution is 2.32. The molecule has 0 bridgehead atoms. The zero-order valence-electron chi connectivity index (χ0n) is 15.7. The van der Waals surface area contributed by atoms with Crippen LogP contribution >= 0.6 is 11.3 Å². The summed E-state index contributed by atoms with van der Waals surface area (Å²) in [6.07, 6.45) is 1.47. The molecule has 2 aromatic rings. The highest BCUT2D eigenvalue weighted by Gasteiger charge is 2.22. The van der Waals surface area contributed by atoms with Gasteiger partial charge in [0, 0.05) is 29.4 Å². The number of ether oxygens (including phenoxy) is 4. The van der Waals surface area contributed by atoms with Crippen LogP contribution in [0.25, 0.3) is 0 Å². The number of rotatable bonds is 7. The average molecular weight is 405 g/mol. The lowest BCUT2D eigenvalue weighted by atomic mass is 10.2. The van der Waals surface area contributed by atoms with E-state index in [1.165, 1.54) is 0 Å². The van der Waals surface area contributed by atoms with Crippen molar-refractivity contribution in [2.75, 3.05) is 44.8 Å². The SMILES string of the molecule is CCN(CC(=O)Nc1ccc2c(c1)OCCO2)Cc1cnc(C2OCCO2)s1. The van der Waals surface area contributed by atoms with Crippen molar-refractivity contribution in [1.29, 1.82) is 0 Å². The zero-order chi connectivity index (χ0) is 19.3. The topological polar surface area (TPSA) is 82.2 Å². The van der Waals surface area contributed by atoms with Crippen LogP contribution in [0.15, 0.2) is 24.4 Å². The smallest absolute Gasteiger partial charge is 0.238 e. The Bertz CT molecular complexity index is 822. The molecule has 150 valence electrons. The van der Waals surface area contributed by atoms with Crippen LogP contribution < -0.4 is 14.8 Å². The number of amides is 1. The Hall–Kier alpha value is -2.20. The van der Waals surface area contributed by atoms with Crippen LogP contribution in [0.5, 0.6) is 11.5 Å². The minimum Gasteiger partial charge on any atom is -0.486 e. The van der Waals surface area contributed by atoms with E-state index in [2.05, 4.69) is 15.2 Å². The summed E-state index contributed by atoms with van der Waals surface area (Å²) in [5, 5.41) is 3.75. The van der Waals surface area contributed by atoms with Crippen molar-refractivity contribution in [3.63, 3.8) is 0 Å². The van der Waals surface area contributed by atoms with Crippen LogP contribution in [0.1, 0.15) is 23.1 Å². The van der Waals surface area contributed by atoms with Crippen molar-refractivity contribution < 1.29 is 23.7 Å². The van der Waals surface area contributed by atoms with Crippen molar-refractivity contribution >= 4 is 22.9 Å². The monoisotopic (exact) mass is 405 g/mol. The molecule has 1 N–H and O–H groups in total. The summed E-state index contributed by atoms with van der Waals surface area (Å²) >= 11 is 1.56. The van der Waals surface area contributed by atoms with Crippen LogP contribution in [-0.2, 0) is 20.8 Å². The van der Waals surface area contributed by atoms with E-state index in [4.69, 9.17) is 18.9 Å². The number of nitrogens with one attached hydrogen (secondary N) is 1. The second-order valence-electron chi connectivity index (χ2n) is 6.45. The lowest BCUT2D eigenvalue weighted by molar-refractivity contribution is -0.117. The van der Waals surface area contributed by atoms with Gasteiger partial charge in [-0.2, -0.15) is 0 Å². The van der Waals surface area contributed by atoms with E-state index in [9.17, 15) is 4.79 Å². The lowest BCUT2D eigenvalue weighted by Crippen LogP contribution is -2.32. The molecule has 1 aromatic heterocycles. The van der Waals surface area contributed by atoms with E-state index in [-0.39, 0.29) is 18.7 Å². The predicted octanol–water partition coefficient (Wildman–Crippen LogP) is 2.42. The number of hydrogen-bond donors (Lipinski definition) is 1. The van der Waals surface area contributed by atoms with Crippen molar-refractivity contribution in [1.82, 2.24) is 9.88 Å². The van der Waals surface area contributed by atoms with Crippen molar-refractivity contribution in [2.45, 2.75) is 19.8 Å². The zero-order valence-corrected chi connectivity index (χ0v) is 16.5. The second-order valence-corrected chi connectivity index (χ2v) is 7.59. The van der Waals surface area contributed by atoms with Gasteiger partial charge in [-0.25, -0.2) is 4.98 Å². The molecule has 1 aromatic carbocycles. The fourth-order valence-corrected chi connectivity index (χ4v) is 3.99. The molecule has 2 aliphatic heterocycles. The quantitative estimate of drug-likeness (QED) is 0.757. The molecule has 9 heteroatoms. The molecule has 0 spiro atoms.